The maximum atomic E-state index is 10.9. The van der Waals surface area contributed by atoms with E-state index < -0.39 is 5.97 Å². The number of aromatic carboxylic acids is 1. The van der Waals surface area contributed by atoms with Crippen LogP contribution in [0, 0.1) is 0 Å². The van der Waals surface area contributed by atoms with E-state index in [1.165, 1.54) is 0 Å². The summed E-state index contributed by atoms with van der Waals surface area (Å²) in [5.74, 6) is -0.0965. The van der Waals surface area contributed by atoms with Crippen LogP contribution in [0.5, 0.6) is 5.75 Å². The van der Waals surface area contributed by atoms with Crippen molar-refractivity contribution in [1.29, 1.82) is 0 Å². The van der Waals surface area contributed by atoms with Gasteiger partial charge in [-0.05, 0) is 32.3 Å². The van der Waals surface area contributed by atoms with Crippen molar-refractivity contribution in [2.24, 2.45) is 0 Å². The molecule has 16 heavy (non-hydrogen) atoms. The molecule has 1 aliphatic heterocycles. The Morgan fingerprint density at radius 2 is 2.25 bits per heavy atom. The summed E-state index contributed by atoms with van der Waals surface area (Å²) in [5, 5.41) is 8.96. The first kappa shape index (κ1) is 11.0. The van der Waals surface area contributed by atoms with Gasteiger partial charge in [0.2, 0.25) is 0 Å². The Labute approximate surface area is 94.4 Å². The van der Waals surface area contributed by atoms with Gasteiger partial charge in [-0.2, -0.15) is 0 Å². The summed E-state index contributed by atoms with van der Waals surface area (Å²) in [6.07, 6.45) is 0.892. The van der Waals surface area contributed by atoms with Crippen molar-refractivity contribution in [3.8, 4) is 5.75 Å². The standard InChI is InChI=1S/C12H15NO3/c1-13(2)10-5-6-16-11-4-3-8(12(14)15)7-9(10)11/h3-4,7,10H,5-6H2,1-2H3,(H,14,15). The normalized spacial score (nSPS) is 19.1. The summed E-state index contributed by atoms with van der Waals surface area (Å²) < 4.78 is 5.52. The molecular weight excluding hydrogens is 206 g/mol. The van der Waals surface area contributed by atoms with E-state index in [2.05, 4.69) is 4.90 Å². The average molecular weight is 221 g/mol. The van der Waals surface area contributed by atoms with Crippen LogP contribution in [0.25, 0.3) is 0 Å². The molecule has 1 unspecified atom stereocenters. The highest BCUT2D eigenvalue weighted by Crippen LogP contribution is 2.35. The smallest absolute Gasteiger partial charge is 0.335 e. The number of hydrogen-bond acceptors (Lipinski definition) is 3. The lowest BCUT2D eigenvalue weighted by atomic mass is 9.97. The number of benzene rings is 1. The van der Waals surface area contributed by atoms with Crippen LogP contribution in [0.1, 0.15) is 28.4 Å². The number of nitrogens with zero attached hydrogens (tertiary/aromatic N) is 1. The topological polar surface area (TPSA) is 49.8 Å². The van der Waals surface area contributed by atoms with Crippen LogP contribution < -0.4 is 4.74 Å². The molecule has 1 aromatic carbocycles. The number of rotatable bonds is 2. The molecule has 2 rings (SSSR count). The molecule has 1 N–H and O–H groups in total. The largest absolute Gasteiger partial charge is 0.493 e. The van der Waals surface area contributed by atoms with E-state index in [9.17, 15) is 4.79 Å². The second-order valence-electron chi connectivity index (χ2n) is 4.17. The van der Waals surface area contributed by atoms with E-state index in [-0.39, 0.29) is 6.04 Å². The molecule has 1 atom stereocenters. The molecule has 0 amide bonds. The third-order valence-electron chi connectivity index (χ3n) is 2.89. The fraction of sp³-hybridized carbons (Fsp3) is 0.417. The fourth-order valence-corrected chi connectivity index (χ4v) is 2.05. The van der Waals surface area contributed by atoms with Gasteiger partial charge in [0.15, 0.2) is 0 Å². The maximum Gasteiger partial charge on any atom is 0.335 e. The Balaban J connectivity index is 2.44. The van der Waals surface area contributed by atoms with Gasteiger partial charge in [-0.3, -0.25) is 0 Å². The minimum absolute atomic E-state index is 0.239. The van der Waals surface area contributed by atoms with Crippen LogP contribution >= 0.6 is 0 Å². The fourth-order valence-electron chi connectivity index (χ4n) is 2.05. The van der Waals surface area contributed by atoms with Gasteiger partial charge in [-0.15, -0.1) is 0 Å². The van der Waals surface area contributed by atoms with E-state index in [1.54, 1.807) is 18.2 Å². The lowest BCUT2D eigenvalue weighted by molar-refractivity contribution is 0.0696. The Hall–Kier alpha value is -1.55. The molecule has 4 nitrogen and oxygen atoms in total. The van der Waals surface area contributed by atoms with Gasteiger partial charge in [-0.25, -0.2) is 4.79 Å². The molecule has 1 heterocycles. The summed E-state index contributed by atoms with van der Waals surface area (Å²) in [5.41, 5.74) is 1.28. The van der Waals surface area contributed by atoms with Crippen LogP contribution in [-0.4, -0.2) is 36.7 Å². The number of carboxylic acid groups (broad SMARTS) is 1. The molecule has 1 aromatic rings. The van der Waals surface area contributed by atoms with E-state index in [1.807, 2.05) is 14.1 Å². The van der Waals surface area contributed by atoms with Crippen molar-refractivity contribution in [3.05, 3.63) is 29.3 Å². The minimum Gasteiger partial charge on any atom is -0.493 e. The lowest BCUT2D eigenvalue weighted by Gasteiger charge is -2.30. The second-order valence-corrected chi connectivity index (χ2v) is 4.17. The summed E-state index contributed by atoms with van der Waals surface area (Å²) in [7, 11) is 3.99. The number of fused-ring (bicyclic) bond motifs is 1. The monoisotopic (exact) mass is 221 g/mol. The molecule has 4 heteroatoms. The van der Waals surface area contributed by atoms with E-state index in [4.69, 9.17) is 9.84 Å². The molecule has 0 fully saturated rings. The summed E-state index contributed by atoms with van der Waals surface area (Å²) >= 11 is 0. The number of ether oxygens (including phenoxy) is 1. The molecular formula is C12H15NO3. The highest BCUT2D eigenvalue weighted by molar-refractivity contribution is 5.88. The van der Waals surface area contributed by atoms with Crippen LogP contribution in [0.4, 0.5) is 0 Å². The first-order valence-electron chi connectivity index (χ1n) is 5.26. The quantitative estimate of drug-likeness (QED) is 0.826. The maximum absolute atomic E-state index is 10.9. The predicted octanol–water partition coefficient (Wildman–Crippen LogP) is 1.77. The van der Waals surface area contributed by atoms with Gasteiger partial charge in [0, 0.05) is 18.0 Å². The number of carbonyl (C=O) groups is 1. The highest BCUT2D eigenvalue weighted by atomic mass is 16.5. The third kappa shape index (κ3) is 1.88. The van der Waals surface area contributed by atoms with Gasteiger partial charge in [0.05, 0.1) is 12.2 Å². The molecule has 86 valence electrons. The Kier molecular flexibility index (Phi) is 2.83. The first-order valence-corrected chi connectivity index (χ1v) is 5.26. The molecule has 0 bridgehead atoms. The predicted molar refractivity (Wildman–Crippen MR) is 59.9 cm³/mol. The van der Waals surface area contributed by atoms with Crippen molar-refractivity contribution >= 4 is 5.97 Å². The molecule has 0 saturated heterocycles. The first-order chi connectivity index (χ1) is 7.59. The Morgan fingerprint density at radius 3 is 2.88 bits per heavy atom. The van der Waals surface area contributed by atoms with E-state index in [0.29, 0.717) is 12.2 Å². The zero-order chi connectivity index (χ0) is 11.7. The summed E-state index contributed by atoms with van der Waals surface area (Å²) in [6.45, 7) is 0.683. The van der Waals surface area contributed by atoms with E-state index >= 15 is 0 Å². The van der Waals surface area contributed by atoms with Crippen molar-refractivity contribution in [1.82, 2.24) is 4.90 Å². The van der Waals surface area contributed by atoms with Crippen molar-refractivity contribution in [2.45, 2.75) is 12.5 Å². The minimum atomic E-state index is -0.897. The zero-order valence-electron chi connectivity index (χ0n) is 9.43. The number of carboxylic acids is 1. The van der Waals surface area contributed by atoms with Gasteiger partial charge in [0.1, 0.15) is 5.75 Å². The van der Waals surface area contributed by atoms with Crippen molar-refractivity contribution in [3.63, 3.8) is 0 Å². The van der Waals surface area contributed by atoms with E-state index in [0.717, 1.165) is 17.7 Å². The van der Waals surface area contributed by atoms with Crippen LogP contribution in [0.2, 0.25) is 0 Å². The van der Waals surface area contributed by atoms with Gasteiger partial charge in [0.25, 0.3) is 0 Å². The summed E-state index contributed by atoms with van der Waals surface area (Å²) in [6, 6.07) is 5.28. The van der Waals surface area contributed by atoms with Crippen molar-refractivity contribution in [2.75, 3.05) is 20.7 Å². The molecule has 0 spiro atoms. The summed E-state index contributed by atoms with van der Waals surface area (Å²) in [4.78, 5) is 13.0. The molecule has 0 aliphatic carbocycles. The highest BCUT2D eigenvalue weighted by Gasteiger charge is 2.24. The number of hydrogen-bond donors (Lipinski definition) is 1. The molecule has 0 aromatic heterocycles. The molecule has 0 radical (unpaired) electrons. The molecule has 1 aliphatic rings. The average Bonchev–Trinajstić information content (AvgIpc) is 2.27. The Morgan fingerprint density at radius 1 is 1.50 bits per heavy atom. The van der Waals surface area contributed by atoms with Gasteiger partial charge >= 0.3 is 5.97 Å². The van der Waals surface area contributed by atoms with Crippen LogP contribution in [-0.2, 0) is 0 Å². The lowest BCUT2D eigenvalue weighted by Crippen LogP contribution is -2.26. The van der Waals surface area contributed by atoms with Gasteiger partial charge < -0.3 is 14.7 Å². The van der Waals surface area contributed by atoms with Gasteiger partial charge in [-0.1, -0.05) is 0 Å². The van der Waals surface area contributed by atoms with Crippen LogP contribution in [0.15, 0.2) is 18.2 Å². The SMILES string of the molecule is CN(C)C1CCOc2ccc(C(=O)O)cc21. The second kappa shape index (κ2) is 4.14. The third-order valence-corrected chi connectivity index (χ3v) is 2.89. The van der Waals surface area contributed by atoms with Crippen LogP contribution in [0.3, 0.4) is 0 Å². The Bertz CT molecular complexity index is 415. The zero-order valence-corrected chi connectivity index (χ0v) is 9.43. The van der Waals surface area contributed by atoms with Crippen molar-refractivity contribution < 1.29 is 14.6 Å². The molecule has 0 saturated carbocycles.